The van der Waals surface area contributed by atoms with E-state index in [-0.39, 0.29) is 19.3 Å². The fourth-order valence-electron chi connectivity index (χ4n) is 2.95. The van der Waals surface area contributed by atoms with Crippen LogP contribution in [-0.4, -0.2) is 36.8 Å². The molecule has 0 aromatic heterocycles. The summed E-state index contributed by atoms with van der Waals surface area (Å²) in [6.45, 7) is 3.30. The number of ether oxygens (including phenoxy) is 3. The van der Waals surface area contributed by atoms with Crippen LogP contribution < -0.4 is 14.2 Å². The Morgan fingerprint density at radius 2 is 2.19 bits per heavy atom. The van der Waals surface area contributed by atoms with Gasteiger partial charge in [0.15, 0.2) is 18.1 Å². The number of fused-ring (bicyclic) bond motifs is 1. The Morgan fingerprint density at radius 1 is 1.33 bits per heavy atom. The van der Waals surface area contributed by atoms with Gasteiger partial charge in [0.1, 0.15) is 5.75 Å². The minimum absolute atomic E-state index is 0.0687. The first-order valence-electron chi connectivity index (χ1n) is 7.60. The van der Waals surface area contributed by atoms with Crippen LogP contribution in [0.3, 0.4) is 0 Å². The fourth-order valence-corrected chi connectivity index (χ4v) is 2.95. The van der Waals surface area contributed by atoms with Gasteiger partial charge in [0.05, 0.1) is 0 Å². The van der Waals surface area contributed by atoms with Crippen LogP contribution in [-0.2, 0) is 4.79 Å². The van der Waals surface area contributed by atoms with Gasteiger partial charge in [0, 0.05) is 18.7 Å². The minimum atomic E-state index is 0.0687. The molecule has 0 bridgehead atoms. The van der Waals surface area contributed by atoms with E-state index in [0.717, 1.165) is 31.6 Å². The molecule has 0 aliphatic carbocycles. The molecule has 114 valence electrons. The van der Waals surface area contributed by atoms with E-state index >= 15 is 0 Å². The number of hydrogen-bond donors (Lipinski definition) is 0. The van der Waals surface area contributed by atoms with Gasteiger partial charge in [-0.3, -0.25) is 4.79 Å². The molecule has 2 aliphatic heterocycles. The molecule has 0 unspecified atom stereocenters. The number of benzene rings is 1. The summed E-state index contributed by atoms with van der Waals surface area (Å²) in [7, 11) is 0. The van der Waals surface area contributed by atoms with Crippen LogP contribution in [0.25, 0.3) is 0 Å². The third-order valence-corrected chi connectivity index (χ3v) is 4.13. The summed E-state index contributed by atoms with van der Waals surface area (Å²) >= 11 is 0. The van der Waals surface area contributed by atoms with Crippen molar-refractivity contribution in [1.82, 2.24) is 4.90 Å². The monoisotopic (exact) mass is 291 g/mol. The van der Waals surface area contributed by atoms with Crippen molar-refractivity contribution in [2.45, 2.75) is 38.6 Å². The Balaban J connectivity index is 1.58. The summed E-state index contributed by atoms with van der Waals surface area (Å²) in [4.78, 5) is 14.3. The highest BCUT2D eigenvalue weighted by molar-refractivity contribution is 5.78. The first-order chi connectivity index (χ1) is 10.3. The second-order valence-electron chi connectivity index (χ2n) is 5.45. The summed E-state index contributed by atoms with van der Waals surface area (Å²) in [5.74, 6) is 2.09. The molecular weight excluding hydrogens is 270 g/mol. The molecule has 1 amide bonds. The van der Waals surface area contributed by atoms with Gasteiger partial charge in [0.25, 0.3) is 5.91 Å². The second kappa shape index (κ2) is 6.24. The minimum Gasteiger partial charge on any atom is -0.484 e. The topological polar surface area (TPSA) is 48.0 Å². The van der Waals surface area contributed by atoms with Crippen molar-refractivity contribution < 1.29 is 19.0 Å². The van der Waals surface area contributed by atoms with Crippen molar-refractivity contribution in [3.63, 3.8) is 0 Å². The second-order valence-corrected chi connectivity index (χ2v) is 5.45. The van der Waals surface area contributed by atoms with Crippen LogP contribution in [0.1, 0.15) is 32.6 Å². The molecule has 0 saturated carbocycles. The zero-order valence-electron chi connectivity index (χ0n) is 12.3. The molecule has 0 spiro atoms. The van der Waals surface area contributed by atoms with Gasteiger partial charge in [0.2, 0.25) is 6.79 Å². The van der Waals surface area contributed by atoms with Crippen LogP contribution in [0.2, 0.25) is 0 Å². The van der Waals surface area contributed by atoms with Crippen LogP contribution in [0.5, 0.6) is 17.2 Å². The number of nitrogens with zero attached hydrogens (tertiary/aromatic N) is 1. The first kappa shape index (κ1) is 14.0. The third kappa shape index (κ3) is 3.06. The maximum atomic E-state index is 12.3. The number of carbonyl (C=O) groups is 1. The third-order valence-electron chi connectivity index (χ3n) is 4.13. The zero-order chi connectivity index (χ0) is 14.7. The lowest BCUT2D eigenvalue weighted by Gasteiger charge is -2.35. The van der Waals surface area contributed by atoms with E-state index in [2.05, 4.69) is 6.92 Å². The van der Waals surface area contributed by atoms with Crippen molar-refractivity contribution in [2.24, 2.45) is 0 Å². The van der Waals surface area contributed by atoms with Gasteiger partial charge in [-0.15, -0.1) is 0 Å². The molecule has 1 fully saturated rings. The predicted octanol–water partition coefficient (Wildman–Crippen LogP) is 2.59. The van der Waals surface area contributed by atoms with E-state index < -0.39 is 0 Å². The highest BCUT2D eigenvalue weighted by Crippen LogP contribution is 2.35. The molecule has 0 N–H and O–H groups in total. The van der Waals surface area contributed by atoms with Gasteiger partial charge in [-0.25, -0.2) is 0 Å². The predicted molar refractivity (Wildman–Crippen MR) is 77.7 cm³/mol. The summed E-state index contributed by atoms with van der Waals surface area (Å²) in [5, 5.41) is 0. The average molecular weight is 291 g/mol. The Hall–Kier alpha value is -1.91. The maximum Gasteiger partial charge on any atom is 0.260 e. The van der Waals surface area contributed by atoms with E-state index in [1.807, 2.05) is 4.90 Å². The number of amides is 1. The molecule has 5 heteroatoms. The van der Waals surface area contributed by atoms with Crippen molar-refractivity contribution >= 4 is 5.91 Å². The molecule has 1 aromatic carbocycles. The van der Waals surface area contributed by atoms with Gasteiger partial charge < -0.3 is 19.1 Å². The molecule has 1 aromatic rings. The van der Waals surface area contributed by atoms with Gasteiger partial charge >= 0.3 is 0 Å². The van der Waals surface area contributed by atoms with E-state index in [1.54, 1.807) is 18.2 Å². The molecule has 2 aliphatic rings. The zero-order valence-corrected chi connectivity index (χ0v) is 12.3. The van der Waals surface area contributed by atoms with Gasteiger partial charge in [-0.05, 0) is 37.8 Å². The van der Waals surface area contributed by atoms with Crippen LogP contribution in [0.4, 0.5) is 0 Å². The molecule has 0 radical (unpaired) electrons. The van der Waals surface area contributed by atoms with E-state index in [4.69, 9.17) is 14.2 Å². The lowest BCUT2D eigenvalue weighted by Crippen LogP contribution is -2.45. The van der Waals surface area contributed by atoms with Crippen molar-refractivity contribution in [1.29, 1.82) is 0 Å². The lowest BCUT2D eigenvalue weighted by molar-refractivity contribution is -0.137. The molecule has 5 nitrogen and oxygen atoms in total. The number of likely N-dealkylation sites (tertiary alicyclic amines) is 1. The average Bonchev–Trinajstić information content (AvgIpc) is 3.00. The standard InChI is InChI=1S/C16H21NO4/c1-2-12-5-3-4-8-17(12)16(18)10-19-13-6-7-14-15(9-13)21-11-20-14/h6-7,9,12H,2-5,8,10-11H2,1H3/t12-/m1/s1. The summed E-state index contributed by atoms with van der Waals surface area (Å²) in [6, 6.07) is 5.74. The highest BCUT2D eigenvalue weighted by Gasteiger charge is 2.25. The van der Waals surface area contributed by atoms with Gasteiger partial charge in [-0.2, -0.15) is 0 Å². The molecule has 2 heterocycles. The first-order valence-corrected chi connectivity index (χ1v) is 7.60. The number of hydrogen-bond acceptors (Lipinski definition) is 4. The van der Waals surface area contributed by atoms with Crippen LogP contribution in [0, 0.1) is 0 Å². The number of piperidine rings is 1. The van der Waals surface area contributed by atoms with E-state index in [9.17, 15) is 4.79 Å². The highest BCUT2D eigenvalue weighted by atomic mass is 16.7. The molecule has 3 rings (SSSR count). The molecule has 21 heavy (non-hydrogen) atoms. The fraction of sp³-hybridized carbons (Fsp3) is 0.562. The maximum absolute atomic E-state index is 12.3. The summed E-state index contributed by atoms with van der Waals surface area (Å²) in [5.41, 5.74) is 0. The van der Waals surface area contributed by atoms with Gasteiger partial charge in [-0.1, -0.05) is 6.92 Å². The Labute approximate surface area is 124 Å². The SMILES string of the molecule is CC[C@@H]1CCCCN1C(=O)COc1ccc2c(c1)OCO2. The number of carbonyl (C=O) groups excluding carboxylic acids is 1. The largest absolute Gasteiger partial charge is 0.484 e. The Morgan fingerprint density at radius 3 is 3.05 bits per heavy atom. The molecule has 1 saturated heterocycles. The van der Waals surface area contributed by atoms with E-state index in [0.29, 0.717) is 17.5 Å². The number of rotatable bonds is 4. The van der Waals surface area contributed by atoms with Crippen molar-refractivity contribution in [2.75, 3.05) is 19.9 Å². The smallest absolute Gasteiger partial charge is 0.260 e. The lowest BCUT2D eigenvalue weighted by atomic mass is 10.00. The summed E-state index contributed by atoms with van der Waals surface area (Å²) in [6.07, 6.45) is 4.42. The molecular formula is C16H21NO4. The van der Waals surface area contributed by atoms with Crippen LogP contribution in [0.15, 0.2) is 18.2 Å². The Bertz CT molecular complexity index is 517. The normalized spacial score (nSPS) is 20.4. The Kier molecular flexibility index (Phi) is 4.18. The molecule has 1 atom stereocenters. The van der Waals surface area contributed by atoms with Crippen molar-refractivity contribution in [3.8, 4) is 17.2 Å². The van der Waals surface area contributed by atoms with E-state index in [1.165, 1.54) is 6.42 Å². The van der Waals surface area contributed by atoms with Crippen molar-refractivity contribution in [3.05, 3.63) is 18.2 Å². The van der Waals surface area contributed by atoms with Crippen LogP contribution >= 0.6 is 0 Å². The summed E-state index contributed by atoms with van der Waals surface area (Å²) < 4.78 is 16.2. The quantitative estimate of drug-likeness (QED) is 0.855.